The lowest BCUT2D eigenvalue weighted by Gasteiger charge is -2.22. The van der Waals surface area contributed by atoms with Gasteiger partial charge in [0.25, 0.3) is 0 Å². The van der Waals surface area contributed by atoms with E-state index < -0.39 is 0 Å². The fourth-order valence-corrected chi connectivity index (χ4v) is 2.91. The fourth-order valence-electron chi connectivity index (χ4n) is 2.91. The molecule has 1 unspecified atom stereocenters. The summed E-state index contributed by atoms with van der Waals surface area (Å²) in [5.41, 5.74) is 6.65. The Labute approximate surface area is 128 Å². The Morgan fingerprint density at radius 3 is 2.14 bits per heavy atom. The fraction of sp³-hybridized carbons (Fsp3) is 0.474. The molecule has 2 rings (SSSR count). The zero-order chi connectivity index (χ0) is 15.6. The minimum absolute atomic E-state index is 0.210. The molecule has 0 aliphatic carbocycles. The summed E-state index contributed by atoms with van der Waals surface area (Å²) in [5.74, 6) is 1.99. The van der Waals surface area contributed by atoms with Crippen LogP contribution in [0, 0.1) is 34.6 Å². The minimum atomic E-state index is 0.210. The zero-order valence-electron chi connectivity index (χ0n) is 14.1. The van der Waals surface area contributed by atoms with Gasteiger partial charge >= 0.3 is 0 Å². The van der Waals surface area contributed by atoms with Crippen LogP contribution in [0.5, 0.6) is 0 Å². The highest BCUT2D eigenvalue weighted by Crippen LogP contribution is 2.31. The van der Waals surface area contributed by atoms with Crippen molar-refractivity contribution >= 4 is 0 Å². The van der Waals surface area contributed by atoms with Crippen LogP contribution < -0.4 is 5.32 Å². The molecular formula is C19H27NO. The van der Waals surface area contributed by atoms with Crippen molar-refractivity contribution in [3.05, 3.63) is 57.5 Å². The number of hydrogen-bond donors (Lipinski definition) is 1. The number of aryl methyl sites for hydroxylation is 5. The van der Waals surface area contributed by atoms with Gasteiger partial charge in [0.2, 0.25) is 0 Å². The van der Waals surface area contributed by atoms with Gasteiger partial charge in [0.05, 0.1) is 6.04 Å². The summed E-state index contributed by atoms with van der Waals surface area (Å²) in [5, 5.41) is 3.68. The van der Waals surface area contributed by atoms with E-state index in [1.807, 2.05) is 6.92 Å². The van der Waals surface area contributed by atoms with Crippen LogP contribution in [-0.2, 0) is 0 Å². The molecular weight excluding hydrogens is 258 g/mol. The van der Waals surface area contributed by atoms with E-state index in [1.165, 1.54) is 27.8 Å². The first-order chi connectivity index (χ1) is 9.93. The van der Waals surface area contributed by atoms with Crippen molar-refractivity contribution in [2.45, 2.75) is 54.0 Å². The van der Waals surface area contributed by atoms with Crippen LogP contribution >= 0.6 is 0 Å². The van der Waals surface area contributed by atoms with Crippen molar-refractivity contribution in [3.8, 4) is 0 Å². The average Bonchev–Trinajstić information content (AvgIpc) is 2.75. The van der Waals surface area contributed by atoms with E-state index in [0.29, 0.717) is 0 Å². The maximum atomic E-state index is 5.75. The van der Waals surface area contributed by atoms with Gasteiger partial charge in [-0.25, -0.2) is 0 Å². The zero-order valence-corrected chi connectivity index (χ0v) is 14.1. The van der Waals surface area contributed by atoms with Gasteiger partial charge in [0, 0.05) is 5.56 Å². The molecule has 0 fully saturated rings. The molecule has 0 bridgehead atoms. The Hall–Kier alpha value is -1.54. The van der Waals surface area contributed by atoms with Crippen molar-refractivity contribution in [2.75, 3.05) is 6.54 Å². The maximum absolute atomic E-state index is 5.75. The van der Waals surface area contributed by atoms with Gasteiger partial charge in [-0.2, -0.15) is 0 Å². The van der Waals surface area contributed by atoms with Crippen LogP contribution in [0.4, 0.5) is 0 Å². The molecule has 0 saturated heterocycles. The topological polar surface area (TPSA) is 25.2 Å². The van der Waals surface area contributed by atoms with E-state index in [2.05, 4.69) is 58.1 Å². The van der Waals surface area contributed by atoms with E-state index in [1.54, 1.807) is 0 Å². The average molecular weight is 285 g/mol. The lowest BCUT2D eigenvalue weighted by atomic mass is 9.91. The predicted molar refractivity (Wildman–Crippen MR) is 89.0 cm³/mol. The summed E-state index contributed by atoms with van der Waals surface area (Å²) < 4.78 is 5.75. The quantitative estimate of drug-likeness (QED) is 0.844. The standard InChI is InChI=1S/C19H27NO/c1-7-8-20-19(18-11-15(5)21-16(18)6)17-10-13(3)12(2)9-14(17)4/h9-11,19-20H,7-8H2,1-6H3. The van der Waals surface area contributed by atoms with E-state index in [9.17, 15) is 0 Å². The number of benzene rings is 1. The minimum Gasteiger partial charge on any atom is -0.466 e. The predicted octanol–water partition coefficient (Wildman–Crippen LogP) is 4.91. The molecule has 0 radical (unpaired) electrons. The van der Waals surface area contributed by atoms with Gasteiger partial charge in [-0.15, -0.1) is 0 Å². The van der Waals surface area contributed by atoms with Crippen LogP contribution in [0.2, 0.25) is 0 Å². The Morgan fingerprint density at radius 2 is 1.57 bits per heavy atom. The van der Waals surface area contributed by atoms with E-state index in [-0.39, 0.29) is 6.04 Å². The molecule has 2 heteroatoms. The van der Waals surface area contributed by atoms with E-state index in [4.69, 9.17) is 4.42 Å². The summed E-state index contributed by atoms with van der Waals surface area (Å²) in [4.78, 5) is 0. The molecule has 2 nitrogen and oxygen atoms in total. The summed E-state index contributed by atoms with van der Waals surface area (Å²) in [6, 6.07) is 6.98. The molecule has 1 N–H and O–H groups in total. The van der Waals surface area contributed by atoms with Crippen LogP contribution in [0.25, 0.3) is 0 Å². The Bertz CT molecular complexity index is 625. The van der Waals surface area contributed by atoms with Gasteiger partial charge in [0.15, 0.2) is 0 Å². The normalized spacial score (nSPS) is 12.7. The molecule has 21 heavy (non-hydrogen) atoms. The number of hydrogen-bond acceptors (Lipinski definition) is 2. The molecule has 1 aromatic carbocycles. The summed E-state index contributed by atoms with van der Waals surface area (Å²) in [7, 11) is 0. The summed E-state index contributed by atoms with van der Waals surface area (Å²) in [6.45, 7) is 13.8. The molecule has 0 spiro atoms. The van der Waals surface area contributed by atoms with Crippen LogP contribution in [0.1, 0.15) is 58.7 Å². The molecule has 114 valence electrons. The Kier molecular flexibility index (Phi) is 4.89. The third kappa shape index (κ3) is 3.38. The smallest absolute Gasteiger partial charge is 0.106 e. The van der Waals surface area contributed by atoms with Crippen LogP contribution in [-0.4, -0.2) is 6.54 Å². The van der Waals surface area contributed by atoms with Gasteiger partial charge in [-0.05, 0) is 75.9 Å². The lowest BCUT2D eigenvalue weighted by molar-refractivity contribution is 0.493. The molecule has 0 aliphatic heterocycles. The maximum Gasteiger partial charge on any atom is 0.106 e. The summed E-state index contributed by atoms with van der Waals surface area (Å²) >= 11 is 0. The highest BCUT2D eigenvalue weighted by molar-refractivity contribution is 5.43. The molecule has 1 atom stereocenters. The van der Waals surface area contributed by atoms with Gasteiger partial charge in [-0.1, -0.05) is 19.1 Å². The molecule has 0 aliphatic rings. The SMILES string of the molecule is CCCNC(c1cc(C)c(C)cc1C)c1cc(C)oc1C. The van der Waals surface area contributed by atoms with Crippen molar-refractivity contribution in [2.24, 2.45) is 0 Å². The number of rotatable bonds is 5. The number of furan rings is 1. The van der Waals surface area contributed by atoms with E-state index >= 15 is 0 Å². The van der Waals surface area contributed by atoms with Crippen molar-refractivity contribution in [3.63, 3.8) is 0 Å². The van der Waals surface area contributed by atoms with Gasteiger partial charge in [0.1, 0.15) is 11.5 Å². The molecule has 2 aromatic rings. The first kappa shape index (κ1) is 15.8. The van der Waals surface area contributed by atoms with Crippen LogP contribution in [0.15, 0.2) is 22.6 Å². The highest BCUT2D eigenvalue weighted by atomic mass is 16.3. The second-order valence-electron chi connectivity index (χ2n) is 6.05. The highest BCUT2D eigenvalue weighted by Gasteiger charge is 2.20. The first-order valence-electron chi connectivity index (χ1n) is 7.82. The Balaban J connectivity index is 2.50. The Morgan fingerprint density at radius 1 is 0.905 bits per heavy atom. The summed E-state index contributed by atoms with van der Waals surface area (Å²) in [6.07, 6.45) is 1.12. The van der Waals surface area contributed by atoms with Crippen molar-refractivity contribution in [1.29, 1.82) is 0 Å². The molecule has 1 aromatic heterocycles. The van der Waals surface area contributed by atoms with Crippen molar-refractivity contribution in [1.82, 2.24) is 5.32 Å². The lowest BCUT2D eigenvalue weighted by Crippen LogP contribution is -2.24. The second kappa shape index (κ2) is 6.48. The largest absolute Gasteiger partial charge is 0.466 e. The number of nitrogens with one attached hydrogen (secondary N) is 1. The van der Waals surface area contributed by atoms with Crippen LogP contribution in [0.3, 0.4) is 0 Å². The third-order valence-corrected chi connectivity index (χ3v) is 4.18. The second-order valence-corrected chi connectivity index (χ2v) is 6.05. The van der Waals surface area contributed by atoms with Gasteiger partial charge in [-0.3, -0.25) is 0 Å². The van der Waals surface area contributed by atoms with Gasteiger partial charge < -0.3 is 9.73 Å². The monoisotopic (exact) mass is 285 g/mol. The molecule has 0 amide bonds. The molecule has 1 heterocycles. The van der Waals surface area contributed by atoms with Crippen molar-refractivity contribution < 1.29 is 4.42 Å². The molecule has 0 saturated carbocycles. The first-order valence-corrected chi connectivity index (χ1v) is 7.82. The third-order valence-electron chi connectivity index (χ3n) is 4.18. The van der Waals surface area contributed by atoms with E-state index in [0.717, 1.165) is 24.5 Å².